The van der Waals surface area contributed by atoms with Crippen molar-refractivity contribution in [3.63, 3.8) is 0 Å². The topological polar surface area (TPSA) is 17.8 Å². The molecule has 0 aliphatic rings. The first-order valence-corrected chi connectivity index (χ1v) is 10.3. The standard InChI is InChI=1S/C27H17ClN2/c28-27-23-13-5-4-11-19(23)24(17-29-27)22-15-8-14-21-20-12-6-7-16-25(20)30(26(21)22)18-9-2-1-3-10-18/h1-17H. The largest absolute Gasteiger partial charge is 0.309 e. The molecule has 6 aromatic rings. The third-order valence-electron chi connectivity index (χ3n) is 5.75. The molecule has 0 amide bonds. The fourth-order valence-corrected chi connectivity index (χ4v) is 4.67. The van der Waals surface area contributed by atoms with Crippen LogP contribution in [-0.2, 0) is 0 Å². The van der Waals surface area contributed by atoms with Crippen molar-refractivity contribution < 1.29 is 0 Å². The van der Waals surface area contributed by atoms with Crippen LogP contribution >= 0.6 is 11.6 Å². The maximum Gasteiger partial charge on any atom is 0.136 e. The molecule has 4 aromatic carbocycles. The van der Waals surface area contributed by atoms with Crippen LogP contribution in [0.15, 0.2) is 103 Å². The van der Waals surface area contributed by atoms with Gasteiger partial charge in [-0.2, -0.15) is 0 Å². The van der Waals surface area contributed by atoms with Crippen LogP contribution in [0.5, 0.6) is 0 Å². The summed E-state index contributed by atoms with van der Waals surface area (Å²) in [7, 11) is 0. The number of hydrogen-bond acceptors (Lipinski definition) is 1. The first-order valence-electron chi connectivity index (χ1n) is 9.94. The van der Waals surface area contributed by atoms with E-state index in [0.29, 0.717) is 5.15 Å². The Morgan fingerprint density at radius 3 is 2.07 bits per heavy atom. The van der Waals surface area contributed by atoms with Crippen molar-refractivity contribution >= 4 is 44.2 Å². The lowest BCUT2D eigenvalue weighted by Crippen LogP contribution is -1.95. The molecule has 0 atom stereocenters. The van der Waals surface area contributed by atoms with Gasteiger partial charge < -0.3 is 4.57 Å². The van der Waals surface area contributed by atoms with Crippen LogP contribution in [0.2, 0.25) is 5.15 Å². The van der Waals surface area contributed by atoms with Crippen molar-refractivity contribution in [1.29, 1.82) is 0 Å². The van der Waals surface area contributed by atoms with Gasteiger partial charge in [0, 0.05) is 39.2 Å². The molecular weight excluding hydrogens is 388 g/mol. The van der Waals surface area contributed by atoms with Crippen LogP contribution < -0.4 is 0 Å². The smallest absolute Gasteiger partial charge is 0.136 e. The molecule has 0 bridgehead atoms. The van der Waals surface area contributed by atoms with E-state index in [-0.39, 0.29) is 0 Å². The molecule has 0 N–H and O–H groups in total. The Morgan fingerprint density at radius 2 is 1.23 bits per heavy atom. The number of nitrogens with zero attached hydrogens (tertiary/aromatic N) is 2. The van der Waals surface area contributed by atoms with Gasteiger partial charge in [-0.25, -0.2) is 4.98 Å². The van der Waals surface area contributed by atoms with Gasteiger partial charge in [-0.05, 0) is 23.6 Å². The molecule has 0 radical (unpaired) electrons. The van der Waals surface area contributed by atoms with E-state index in [1.807, 2.05) is 18.3 Å². The number of aromatic nitrogens is 2. The zero-order chi connectivity index (χ0) is 20.1. The average molecular weight is 405 g/mol. The highest BCUT2D eigenvalue weighted by molar-refractivity contribution is 6.34. The normalized spacial score (nSPS) is 11.5. The molecule has 2 nitrogen and oxygen atoms in total. The minimum atomic E-state index is 0.533. The van der Waals surface area contributed by atoms with Crippen molar-refractivity contribution in [2.45, 2.75) is 0 Å². The van der Waals surface area contributed by atoms with Crippen LogP contribution in [0.4, 0.5) is 0 Å². The molecule has 0 spiro atoms. The quantitative estimate of drug-likeness (QED) is 0.271. The first-order chi connectivity index (χ1) is 14.8. The Morgan fingerprint density at radius 1 is 0.567 bits per heavy atom. The molecule has 142 valence electrons. The third-order valence-corrected chi connectivity index (χ3v) is 6.05. The van der Waals surface area contributed by atoms with Crippen molar-refractivity contribution in [3.8, 4) is 16.8 Å². The van der Waals surface area contributed by atoms with Crippen LogP contribution in [-0.4, -0.2) is 9.55 Å². The molecule has 2 heterocycles. The van der Waals surface area contributed by atoms with E-state index in [9.17, 15) is 0 Å². The minimum Gasteiger partial charge on any atom is -0.309 e. The van der Waals surface area contributed by atoms with E-state index in [2.05, 4.69) is 94.5 Å². The second-order valence-corrected chi connectivity index (χ2v) is 7.76. The predicted molar refractivity (Wildman–Crippen MR) is 127 cm³/mol. The number of hydrogen-bond donors (Lipinski definition) is 0. The van der Waals surface area contributed by atoms with Crippen LogP contribution in [0, 0.1) is 0 Å². The number of halogens is 1. The molecule has 2 aromatic heterocycles. The summed E-state index contributed by atoms with van der Waals surface area (Å²) in [5, 5.41) is 5.08. The second-order valence-electron chi connectivity index (χ2n) is 7.40. The molecule has 0 saturated carbocycles. The van der Waals surface area contributed by atoms with E-state index in [4.69, 9.17) is 11.6 Å². The molecule has 6 rings (SSSR count). The Labute approximate surface area is 179 Å². The lowest BCUT2D eigenvalue weighted by atomic mass is 9.98. The monoisotopic (exact) mass is 404 g/mol. The van der Waals surface area contributed by atoms with Crippen LogP contribution in [0.3, 0.4) is 0 Å². The zero-order valence-corrected chi connectivity index (χ0v) is 16.8. The van der Waals surface area contributed by atoms with Crippen LogP contribution in [0.25, 0.3) is 49.4 Å². The summed E-state index contributed by atoms with van der Waals surface area (Å²) in [6, 6.07) is 33.8. The van der Waals surface area contributed by atoms with Crippen LogP contribution in [0.1, 0.15) is 0 Å². The van der Waals surface area contributed by atoms with Gasteiger partial charge in [0.2, 0.25) is 0 Å². The van der Waals surface area contributed by atoms with E-state index < -0.39 is 0 Å². The summed E-state index contributed by atoms with van der Waals surface area (Å²) in [6.07, 6.45) is 1.90. The minimum absolute atomic E-state index is 0.533. The van der Waals surface area contributed by atoms with Gasteiger partial charge in [-0.15, -0.1) is 0 Å². The second kappa shape index (κ2) is 6.72. The summed E-state index contributed by atoms with van der Waals surface area (Å²) >= 11 is 6.41. The van der Waals surface area contributed by atoms with Crippen molar-refractivity contribution in [2.75, 3.05) is 0 Å². The molecule has 3 heteroatoms. The number of benzene rings is 4. The van der Waals surface area contributed by atoms with Gasteiger partial charge >= 0.3 is 0 Å². The molecule has 0 aliphatic heterocycles. The lowest BCUT2D eigenvalue weighted by Gasteiger charge is -2.13. The molecule has 0 aliphatic carbocycles. The molecule has 0 unspecified atom stereocenters. The van der Waals surface area contributed by atoms with E-state index >= 15 is 0 Å². The highest BCUT2D eigenvalue weighted by atomic mass is 35.5. The molecule has 30 heavy (non-hydrogen) atoms. The molecule has 0 saturated heterocycles. The van der Waals surface area contributed by atoms with Gasteiger partial charge in [0.05, 0.1) is 11.0 Å². The Bertz CT molecular complexity index is 1550. The zero-order valence-electron chi connectivity index (χ0n) is 16.1. The SMILES string of the molecule is Clc1ncc(-c2cccc3c4ccccc4n(-c4ccccc4)c23)c2ccccc12. The molecular formula is C27H17ClN2. The van der Waals surface area contributed by atoms with Crippen molar-refractivity contribution in [1.82, 2.24) is 9.55 Å². The van der Waals surface area contributed by atoms with Gasteiger partial charge in [-0.3, -0.25) is 0 Å². The van der Waals surface area contributed by atoms with Gasteiger partial charge in [-0.1, -0.05) is 90.5 Å². The van der Waals surface area contributed by atoms with Crippen molar-refractivity contribution in [3.05, 3.63) is 108 Å². The summed E-state index contributed by atoms with van der Waals surface area (Å²) in [5.74, 6) is 0. The summed E-state index contributed by atoms with van der Waals surface area (Å²) < 4.78 is 2.35. The van der Waals surface area contributed by atoms with E-state index in [1.54, 1.807) is 0 Å². The average Bonchev–Trinajstić information content (AvgIpc) is 3.15. The summed E-state index contributed by atoms with van der Waals surface area (Å²) in [5.41, 5.74) is 5.74. The fraction of sp³-hybridized carbons (Fsp3) is 0. The maximum atomic E-state index is 6.41. The molecule has 0 fully saturated rings. The van der Waals surface area contributed by atoms with E-state index in [1.165, 1.54) is 21.8 Å². The van der Waals surface area contributed by atoms with Crippen molar-refractivity contribution in [2.24, 2.45) is 0 Å². The number of pyridine rings is 1. The number of rotatable bonds is 2. The highest BCUT2D eigenvalue weighted by Gasteiger charge is 2.17. The third kappa shape index (κ3) is 2.47. The Kier molecular flexibility index (Phi) is 3.87. The lowest BCUT2D eigenvalue weighted by molar-refractivity contribution is 1.18. The maximum absolute atomic E-state index is 6.41. The number of para-hydroxylation sites is 3. The number of fused-ring (bicyclic) bond motifs is 4. The summed E-state index contributed by atoms with van der Waals surface area (Å²) in [4.78, 5) is 4.50. The fourth-order valence-electron chi connectivity index (χ4n) is 4.45. The highest BCUT2D eigenvalue weighted by Crippen LogP contribution is 2.40. The van der Waals surface area contributed by atoms with Gasteiger partial charge in [0.1, 0.15) is 5.15 Å². The Hall–Kier alpha value is -3.62. The van der Waals surface area contributed by atoms with E-state index in [0.717, 1.165) is 27.6 Å². The van der Waals surface area contributed by atoms with Gasteiger partial charge in [0.25, 0.3) is 0 Å². The van der Waals surface area contributed by atoms with Gasteiger partial charge in [0.15, 0.2) is 0 Å². The summed E-state index contributed by atoms with van der Waals surface area (Å²) in [6.45, 7) is 0. The predicted octanol–water partition coefficient (Wildman–Crippen LogP) is 7.65. The Balaban J connectivity index is 1.82. The first kappa shape index (κ1) is 17.3.